The third-order valence-electron chi connectivity index (χ3n) is 5.33. The van der Waals surface area contributed by atoms with Gasteiger partial charge in [0, 0.05) is 18.5 Å². The van der Waals surface area contributed by atoms with E-state index in [9.17, 15) is 14.7 Å². The number of carboxylic acids is 1. The van der Waals surface area contributed by atoms with Crippen LogP contribution in [0.3, 0.4) is 0 Å². The lowest BCUT2D eigenvalue weighted by atomic mass is 9.88. The number of aryl methyl sites for hydroxylation is 1. The molecule has 0 aliphatic rings. The van der Waals surface area contributed by atoms with Crippen LogP contribution in [0.5, 0.6) is 0 Å². The van der Waals surface area contributed by atoms with Gasteiger partial charge in [-0.15, -0.1) is 0 Å². The van der Waals surface area contributed by atoms with E-state index in [1.807, 2.05) is 49.6 Å². The molecule has 0 heterocycles. The summed E-state index contributed by atoms with van der Waals surface area (Å²) >= 11 is 1.60. The van der Waals surface area contributed by atoms with Crippen molar-refractivity contribution < 1.29 is 14.7 Å². The van der Waals surface area contributed by atoms with Crippen LogP contribution in [-0.2, 0) is 11.3 Å². The number of carboxylic acid groups (broad SMARTS) is 1. The maximum atomic E-state index is 13.2. The van der Waals surface area contributed by atoms with Gasteiger partial charge in [-0.05, 0) is 73.7 Å². The first-order valence-electron chi connectivity index (χ1n) is 10.5. The Morgan fingerprint density at radius 1 is 1.13 bits per heavy atom. The van der Waals surface area contributed by atoms with Crippen molar-refractivity contribution >= 4 is 23.5 Å². The quantitative estimate of drug-likeness (QED) is 0.451. The second-order valence-electron chi connectivity index (χ2n) is 7.88. The first kappa shape index (κ1) is 24.2. The highest BCUT2D eigenvalue weighted by atomic mass is 32.2. The number of carbonyl (C=O) groups is 2. The van der Waals surface area contributed by atoms with Crippen molar-refractivity contribution in [2.75, 3.05) is 25.6 Å². The molecule has 0 saturated heterocycles. The van der Waals surface area contributed by atoms with Crippen LogP contribution in [-0.4, -0.2) is 47.4 Å². The molecular formula is C25H33NO3S. The van der Waals surface area contributed by atoms with E-state index in [2.05, 4.69) is 24.9 Å². The summed E-state index contributed by atoms with van der Waals surface area (Å²) in [6.07, 6.45) is 3.57. The number of Topliss-reactive ketones (excluding diaryl/α,β-unsaturated/α-hetero) is 1. The van der Waals surface area contributed by atoms with Crippen LogP contribution in [0.2, 0.25) is 0 Å². The minimum Gasteiger partial charge on any atom is -0.481 e. The summed E-state index contributed by atoms with van der Waals surface area (Å²) in [4.78, 5) is 27.1. The molecule has 0 aliphatic carbocycles. The average Bonchev–Trinajstić information content (AvgIpc) is 2.71. The number of carbonyl (C=O) groups excluding carboxylic acids is 1. The summed E-state index contributed by atoms with van der Waals surface area (Å²) in [6, 6.07) is 14.0. The van der Waals surface area contributed by atoms with Gasteiger partial charge in [0.1, 0.15) is 0 Å². The van der Waals surface area contributed by atoms with Crippen molar-refractivity contribution in [1.29, 1.82) is 0 Å². The number of aliphatic carboxylic acids is 1. The van der Waals surface area contributed by atoms with Gasteiger partial charge in [-0.25, -0.2) is 0 Å². The molecule has 4 nitrogen and oxygen atoms in total. The summed E-state index contributed by atoms with van der Waals surface area (Å²) in [6.45, 7) is 6.02. The SMILES string of the molecule is CCCN(C)Cc1ccc(C(=O)CC(CCSC)C(=O)O)c(-c2ccccc2C)c1. The van der Waals surface area contributed by atoms with Gasteiger partial charge < -0.3 is 10.0 Å². The van der Waals surface area contributed by atoms with Crippen LogP contribution >= 0.6 is 11.8 Å². The average molecular weight is 428 g/mol. The van der Waals surface area contributed by atoms with Crippen molar-refractivity contribution in [3.63, 3.8) is 0 Å². The maximum absolute atomic E-state index is 13.2. The van der Waals surface area contributed by atoms with E-state index in [0.29, 0.717) is 12.0 Å². The molecule has 30 heavy (non-hydrogen) atoms. The topological polar surface area (TPSA) is 57.6 Å². The number of hydrogen-bond donors (Lipinski definition) is 1. The molecule has 2 aromatic rings. The molecule has 5 heteroatoms. The molecule has 2 aromatic carbocycles. The Hall–Kier alpha value is -2.11. The van der Waals surface area contributed by atoms with Gasteiger partial charge in [-0.1, -0.05) is 43.3 Å². The molecule has 0 aromatic heterocycles. The fourth-order valence-corrected chi connectivity index (χ4v) is 4.23. The molecule has 0 bridgehead atoms. The first-order chi connectivity index (χ1) is 14.4. The van der Waals surface area contributed by atoms with E-state index in [4.69, 9.17) is 0 Å². The number of ketones is 1. The van der Waals surface area contributed by atoms with Gasteiger partial charge in [-0.2, -0.15) is 11.8 Å². The van der Waals surface area contributed by atoms with Crippen LogP contribution < -0.4 is 0 Å². The second kappa shape index (κ2) is 11.9. The zero-order chi connectivity index (χ0) is 22.1. The molecule has 0 amide bonds. The van der Waals surface area contributed by atoms with Gasteiger partial charge in [0.25, 0.3) is 0 Å². The summed E-state index contributed by atoms with van der Waals surface area (Å²) in [5.74, 6) is -0.912. The van der Waals surface area contributed by atoms with Gasteiger partial charge in [0.05, 0.1) is 5.92 Å². The highest BCUT2D eigenvalue weighted by molar-refractivity contribution is 7.98. The van der Waals surface area contributed by atoms with Gasteiger partial charge in [0.15, 0.2) is 5.78 Å². The summed E-state index contributed by atoms with van der Waals surface area (Å²) < 4.78 is 0. The lowest BCUT2D eigenvalue weighted by Gasteiger charge is -2.19. The number of nitrogens with zero attached hydrogens (tertiary/aromatic N) is 1. The molecule has 0 aliphatic heterocycles. The fraction of sp³-hybridized carbons (Fsp3) is 0.440. The van der Waals surface area contributed by atoms with Crippen LogP contribution in [0.25, 0.3) is 11.1 Å². The van der Waals surface area contributed by atoms with E-state index in [-0.39, 0.29) is 12.2 Å². The molecule has 0 fully saturated rings. The van der Waals surface area contributed by atoms with Crippen LogP contribution in [0.1, 0.15) is 47.7 Å². The molecule has 162 valence electrons. The lowest BCUT2D eigenvalue weighted by molar-refractivity contribution is -0.141. The zero-order valence-electron chi connectivity index (χ0n) is 18.5. The third-order valence-corrected chi connectivity index (χ3v) is 5.97. The Bertz CT molecular complexity index is 865. The van der Waals surface area contributed by atoms with Crippen molar-refractivity contribution in [3.05, 3.63) is 59.2 Å². The summed E-state index contributed by atoms with van der Waals surface area (Å²) in [5, 5.41) is 9.55. The standard InChI is InChI=1S/C25H33NO3S/c1-5-13-26(3)17-19-10-11-22(23(15-19)21-9-7-6-8-18(21)2)24(27)16-20(25(28)29)12-14-30-4/h6-11,15,20H,5,12-14,16-17H2,1-4H3,(H,28,29). The van der Waals surface area contributed by atoms with E-state index < -0.39 is 11.9 Å². The monoisotopic (exact) mass is 427 g/mol. The molecule has 1 atom stereocenters. The molecule has 1 N–H and O–H groups in total. The number of hydrogen-bond acceptors (Lipinski definition) is 4. The van der Waals surface area contributed by atoms with Crippen LogP contribution in [0.4, 0.5) is 0 Å². The minimum atomic E-state index is -0.896. The Labute approximate surface area is 184 Å². The van der Waals surface area contributed by atoms with Crippen molar-refractivity contribution in [2.45, 2.75) is 39.7 Å². The zero-order valence-corrected chi connectivity index (χ0v) is 19.3. The van der Waals surface area contributed by atoms with Gasteiger partial charge in [0.2, 0.25) is 0 Å². The molecule has 2 rings (SSSR count). The third kappa shape index (κ3) is 6.71. The lowest BCUT2D eigenvalue weighted by Crippen LogP contribution is -2.20. The molecule has 0 radical (unpaired) electrons. The maximum Gasteiger partial charge on any atom is 0.306 e. The van der Waals surface area contributed by atoms with Crippen molar-refractivity contribution in [2.24, 2.45) is 5.92 Å². The van der Waals surface area contributed by atoms with E-state index in [1.54, 1.807) is 11.8 Å². The van der Waals surface area contributed by atoms with E-state index >= 15 is 0 Å². The number of thioether (sulfide) groups is 1. The highest BCUT2D eigenvalue weighted by Crippen LogP contribution is 2.30. The Kier molecular flexibility index (Phi) is 9.60. The normalized spacial score (nSPS) is 12.2. The molecule has 1 unspecified atom stereocenters. The van der Waals surface area contributed by atoms with Crippen LogP contribution in [0.15, 0.2) is 42.5 Å². The highest BCUT2D eigenvalue weighted by Gasteiger charge is 2.24. The van der Waals surface area contributed by atoms with Gasteiger partial charge in [-0.3, -0.25) is 9.59 Å². The molecule has 0 saturated carbocycles. The number of rotatable bonds is 12. The second-order valence-corrected chi connectivity index (χ2v) is 8.86. The fourth-order valence-electron chi connectivity index (χ4n) is 3.71. The Morgan fingerprint density at radius 2 is 1.87 bits per heavy atom. The largest absolute Gasteiger partial charge is 0.481 e. The Morgan fingerprint density at radius 3 is 2.50 bits per heavy atom. The van der Waals surface area contributed by atoms with Gasteiger partial charge >= 0.3 is 5.97 Å². The van der Waals surface area contributed by atoms with Crippen molar-refractivity contribution in [1.82, 2.24) is 4.90 Å². The summed E-state index contributed by atoms with van der Waals surface area (Å²) in [5.41, 5.74) is 4.79. The van der Waals surface area contributed by atoms with Crippen LogP contribution in [0, 0.1) is 12.8 Å². The smallest absolute Gasteiger partial charge is 0.306 e. The Balaban J connectivity index is 2.41. The number of benzene rings is 2. The molecular weight excluding hydrogens is 394 g/mol. The minimum absolute atomic E-state index is 0.0316. The van der Waals surface area contributed by atoms with E-state index in [0.717, 1.165) is 47.5 Å². The predicted molar refractivity (Wildman–Crippen MR) is 126 cm³/mol. The van der Waals surface area contributed by atoms with Crippen molar-refractivity contribution in [3.8, 4) is 11.1 Å². The predicted octanol–water partition coefficient (Wildman–Crippen LogP) is 5.53. The van der Waals surface area contributed by atoms with E-state index in [1.165, 1.54) is 0 Å². The first-order valence-corrected chi connectivity index (χ1v) is 11.9. The molecule has 0 spiro atoms. The summed E-state index contributed by atoms with van der Waals surface area (Å²) in [7, 11) is 2.10.